The lowest BCUT2D eigenvalue weighted by molar-refractivity contribution is -0.129. The van der Waals surface area contributed by atoms with Gasteiger partial charge in [-0.3, -0.25) is 14.5 Å². The van der Waals surface area contributed by atoms with Crippen molar-refractivity contribution in [1.29, 1.82) is 0 Å². The number of methoxy groups -OCH3 is 1. The number of anilines is 1. The van der Waals surface area contributed by atoms with Crippen molar-refractivity contribution >= 4 is 27.3 Å². The van der Waals surface area contributed by atoms with Gasteiger partial charge < -0.3 is 14.5 Å². The quantitative estimate of drug-likeness (QED) is 0.564. The number of rotatable bonds is 7. The lowest BCUT2D eigenvalue weighted by Gasteiger charge is -2.30. The molecule has 0 N–H and O–H groups in total. The first-order valence-corrected chi connectivity index (χ1v) is 14.2. The molecule has 1 heterocycles. The molecule has 0 unspecified atom stereocenters. The fraction of sp³-hybridized carbons (Fsp3) is 0.481. The van der Waals surface area contributed by atoms with Gasteiger partial charge in [0.15, 0.2) is 9.84 Å². The summed E-state index contributed by atoms with van der Waals surface area (Å²) in [5.41, 5.74) is 2.18. The lowest BCUT2D eigenvalue weighted by atomic mass is 10.1. The number of hydrogen-bond donors (Lipinski definition) is 0. The largest absolute Gasteiger partial charge is 0.375 e. The van der Waals surface area contributed by atoms with Crippen LogP contribution in [0.25, 0.3) is 0 Å². The Bertz CT molecular complexity index is 1120. The number of carbonyl (C=O) groups excluding carboxylic acids is 2. The van der Waals surface area contributed by atoms with Gasteiger partial charge in [0.2, 0.25) is 5.91 Å². The van der Waals surface area contributed by atoms with Crippen LogP contribution in [-0.2, 0) is 36.5 Å². The first-order chi connectivity index (χ1) is 17.2. The van der Waals surface area contributed by atoms with Gasteiger partial charge >= 0.3 is 0 Å². The molecule has 1 aliphatic rings. The van der Waals surface area contributed by atoms with Crippen LogP contribution in [0, 0.1) is 0 Å². The molecule has 2 amide bonds. The minimum atomic E-state index is -3.65. The molecule has 0 bridgehead atoms. The van der Waals surface area contributed by atoms with Crippen LogP contribution >= 0.6 is 0 Å². The molecule has 0 saturated carbocycles. The van der Waals surface area contributed by atoms with Crippen molar-refractivity contribution in [3.05, 3.63) is 65.7 Å². The normalized spacial score (nSPS) is 15.9. The number of hydrogen-bond acceptors (Lipinski definition) is 6. The van der Waals surface area contributed by atoms with Crippen molar-refractivity contribution < 1.29 is 22.7 Å². The van der Waals surface area contributed by atoms with Crippen molar-refractivity contribution in [2.24, 2.45) is 0 Å². The minimum absolute atomic E-state index is 0.0391. The highest BCUT2D eigenvalue weighted by Gasteiger charge is 2.26. The number of benzene rings is 2. The Labute approximate surface area is 214 Å². The second-order valence-electron chi connectivity index (χ2n) is 9.42. The fourth-order valence-corrected chi connectivity index (χ4v) is 5.82. The minimum Gasteiger partial charge on any atom is -0.375 e. The van der Waals surface area contributed by atoms with Gasteiger partial charge in [-0.05, 0) is 37.5 Å². The predicted molar refractivity (Wildman–Crippen MR) is 141 cm³/mol. The molecule has 9 heteroatoms. The van der Waals surface area contributed by atoms with Crippen LogP contribution in [-0.4, -0.2) is 81.7 Å². The summed E-state index contributed by atoms with van der Waals surface area (Å²) < 4.78 is 30.9. The molecule has 196 valence electrons. The average molecular weight is 516 g/mol. The molecule has 0 fully saturated rings. The van der Waals surface area contributed by atoms with Crippen LogP contribution in [0.2, 0.25) is 0 Å². The van der Waals surface area contributed by atoms with Crippen LogP contribution in [0.15, 0.2) is 54.6 Å². The van der Waals surface area contributed by atoms with Crippen molar-refractivity contribution in [2.75, 3.05) is 50.5 Å². The van der Waals surface area contributed by atoms with E-state index in [0.717, 1.165) is 24.2 Å². The third-order valence-corrected chi connectivity index (χ3v) is 7.81. The maximum absolute atomic E-state index is 13.4. The molecule has 36 heavy (non-hydrogen) atoms. The predicted octanol–water partition coefficient (Wildman–Crippen LogP) is 2.72. The summed E-state index contributed by atoms with van der Waals surface area (Å²) in [6, 6.07) is 16.6. The lowest BCUT2D eigenvalue weighted by Crippen LogP contribution is -2.43. The van der Waals surface area contributed by atoms with E-state index in [2.05, 4.69) is 18.7 Å². The van der Waals surface area contributed by atoms with Crippen molar-refractivity contribution in [3.63, 3.8) is 0 Å². The summed E-state index contributed by atoms with van der Waals surface area (Å²) in [5.74, 6) is -1.32. The van der Waals surface area contributed by atoms with E-state index in [-0.39, 0.29) is 30.9 Å². The Balaban J connectivity index is 1.89. The van der Waals surface area contributed by atoms with Crippen LogP contribution in [0.4, 0.5) is 5.69 Å². The molecular weight excluding hydrogens is 478 g/mol. The number of para-hydroxylation sites is 1. The van der Waals surface area contributed by atoms with E-state index >= 15 is 0 Å². The number of ether oxygens (including phenoxy) is 1. The summed E-state index contributed by atoms with van der Waals surface area (Å²) >= 11 is 0. The van der Waals surface area contributed by atoms with Gasteiger partial charge in [0.1, 0.15) is 12.4 Å². The van der Waals surface area contributed by atoms with Crippen molar-refractivity contribution in [2.45, 2.75) is 38.6 Å². The van der Waals surface area contributed by atoms with Crippen molar-refractivity contribution in [1.82, 2.24) is 9.80 Å². The molecular formula is C27H37N3O5S. The molecule has 1 aliphatic heterocycles. The van der Waals surface area contributed by atoms with E-state index in [1.807, 2.05) is 30.3 Å². The highest BCUT2D eigenvalue weighted by Crippen LogP contribution is 2.24. The van der Waals surface area contributed by atoms with E-state index in [0.29, 0.717) is 25.2 Å². The van der Waals surface area contributed by atoms with E-state index in [9.17, 15) is 18.0 Å². The highest BCUT2D eigenvalue weighted by molar-refractivity contribution is 7.91. The number of sulfone groups is 1. The van der Waals surface area contributed by atoms with Gasteiger partial charge in [0, 0.05) is 51.6 Å². The summed E-state index contributed by atoms with van der Waals surface area (Å²) in [7, 11) is -2.16. The molecule has 8 nitrogen and oxygen atoms in total. The summed E-state index contributed by atoms with van der Waals surface area (Å²) in [5, 5.41) is 0. The fourth-order valence-electron chi connectivity index (χ4n) is 4.45. The van der Waals surface area contributed by atoms with Gasteiger partial charge in [-0.2, -0.15) is 0 Å². The SMILES string of the molecule is COCC(=O)N1CCCN(C(C)C)CCN(C(=O)CS(=O)(=O)Cc2ccccc2)Cc2ccccc21. The van der Waals surface area contributed by atoms with Gasteiger partial charge in [0.05, 0.1) is 5.75 Å². The van der Waals surface area contributed by atoms with E-state index in [1.165, 1.54) is 7.11 Å². The van der Waals surface area contributed by atoms with Gasteiger partial charge in [-0.1, -0.05) is 48.5 Å². The number of carbonyl (C=O) groups is 2. The van der Waals surface area contributed by atoms with Crippen LogP contribution < -0.4 is 4.90 Å². The Hall–Kier alpha value is -2.75. The second-order valence-corrected chi connectivity index (χ2v) is 11.5. The molecule has 3 rings (SSSR count). The third kappa shape index (κ3) is 7.88. The third-order valence-electron chi connectivity index (χ3n) is 6.35. The molecule has 2 aromatic carbocycles. The van der Waals surface area contributed by atoms with E-state index < -0.39 is 21.5 Å². The summed E-state index contributed by atoms with van der Waals surface area (Å²) in [6.07, 6.45) is 0.765. The van der Waals surface area contributed by atoms with E-state index in [4.69, 9.17) is 4.74 Å². The molecule has 0 atom stereocenters. The maximum Gasteiger partial charge on any atom is 0.252 e. The van der Waals surface area contributed by atoms with Gasteiger partial charge in [0.25, 0.3) is 5.91 Å². The Morgan fingerprint density at radius 2 is 1.61 bits per heavy atom. The van der Waals surface area contributed by atoms with Gasteiger partial charge in [-0.15, -0.1) is 0 Å². The zero-order valence-corrected chi connectivity index (χ0v) is 22.2. The Morgan fingerprint density at radius 1 is 0.917 bits per heavy atom. The first-order valence-electron chi connectivity index (χ1n) is 12.3. The van der Waals surface area contributed by atoms with Crippen molar-refractivity contribution in [3.8, 4) is 0 Å². The highest BCUT2D eigenvalue weighted by atomic mass is 32.2. The summed E-state index contributed by atoms with van der Waals surface area (Å²) in [6.45, 7) is 6.68. The molecule has 0 spiro atoms. The summed E-state index contributed by atoms with van der Waals surface area (Å²) in [4.78, 5) is 31.9. The topological polar surface area (TPSA) is 87.2 Å². The van der Waals surface area contributed by atoms with Crippen LogP contribution in [0.5, 0.6) is 0 Å². The first kappa shape index (κ1) is 27.8. The molecule has 2 aromatic rings. The Morgan fingerprint density at radius 3 is 2.31 bits per heavy atom. The number of amides is 2. The second kappa shape index (κ2) is 13.0. The zero-order valence-electron chi connectivity index (χ0n) is 21.4. The molecule has 0 aliphatic carbocycles. The molecule has 0 saturated heterocycles. The average Bonchev–Trinajstić information content (AvgIpc) is 2.86. The zero-order chi connectivity index (χ0) is 26.1. The number of fused-ring (bicyclic) bond motifs is 1. The van der Waals surface area contributed by atoms with E-state index in [1.54, 1.807) is 34.1 Å². The molecule has 0 radical (unpaired) electrons. The van der Waals surface area contributed by atoms with Crippen LogP contribution in [0.3, 0.4) is 0 Å². The molecule has 0 aromatic heterocycles. The Kier molecular flexibility index (Phi) is 10.0. The maximum atomic E-state index is 13.4. The monoisotopic (exact) mass is 515 g/mol. The standard InChI is InChI=1S/C27H37N3O5S/c1-22(2)28-14-9-15-30(26(31)19-35-3)25-13-8-7-12-24(25)18-29(17-16-28)27(32)21-36(33,34)20-23-10-5-4-6-11-23/h4-8,10-13,22H,9,14-21H2,1-3H3. The van der Waals surface area contributed by atoms with Gasteiger partial charge in [-0.25, -0.2) is 8.42 Å². The number of nitrogens with zero attached hydrogens (tertiary/aromatic N) is 3. The smallest absolute Gasteiger partial charge is 0.252 e. The van der Waals surface area contributed by atoms with Crippen LogP contribution in [0.1, 0.15) is 31.4 Å².